The zero-order chi connectivity index (χ0) is 13.0. The molecule has 1 fully saturated rings. The quantitative estimate of drug-likeness (QED) is 0.821. The van der Waals surface area contributed by atoms with Gasteiger partial charge in [-0.25, -0.2) is 13.1 Å². The molecule has 1 saturated heterocycles. The van der Waals surface area contributed by atoms with Gasteiger partial charge in [0.05, 0.1) is 11.0 Å². The molecule has 100 valence electrons. The van der Waals surface area contributed by atoms with E-state index in [1.807, 2.05) is 0 Å². The van der Waals surface area contributed by atoms with Gasteiger partial charge in [0.1, 0.15) is 0 Å². The summed E-state index contributed by atoms with van der Waals surface area (Å²) in [6.07, 6.45) is 4.09. The minimum absolute atomic E-state index is 0.0536. The fourth-order valence-corrected chi connectivity index (χ4v) is 2.85. The highest BCUT2D eigenvalue weighted by molar-refractivity contribution is 7.89. The Kier molecular flexibility index (Phi) is 4.15. The van der Waals surface area contributed by atoms with Crippen molar-refractivity contribution in [3.63, 3.8) is 0 Å². The van der Waals surface area contributed by atoms with E-state index < -0.39 is 10.0 Å². The van der Waals surface area contributed by atoms with Crippen LogP contribution in [0.5, 0.6) is 0 Å². The highest BCUT2D eigenvalue weighted by atomic mass is 32.2. The molecule has 7 heteroatoms. The third-order valence-electron chi connectivity index (χ3n) is 2.84. The van der Waals surface area contributed by atoms with Crippen LogP contribution in [-0.2, 0) is 14.8 Å². The van der Waals surface area contributed by atoms with Crippen molar-refractivity contribution in [3.8, 4) is 0 Å². The molecule has 0 aromatic carbocycles. The van der Waals surface area contributed by atoms with Crippen LogP contribution in [0.25, 0.3) is 0 Å². The molecule has 0 aliphatic carbocycles. The van der Waals surface area contributed by atoms with Gasteiger partial charge in [0.25, 0.3) is 0 Å². The molecule has 6 nitrogen and oxygen atoms in total. The van der Waals surface area contributed by atoms with Crippen molar-refractivity contribution >= 4 is 10.0 Å². The van der Waals surface area contributed by atoms with E-state index in [4.69, 9.17) is 4.74 Å². The number of nitrogens with one attached hydrogen (secondary N) is 2. The Morgan fingerprint density at radius 2 is 2.22 bits per heavy atom. The number of hydrogen-bond donors (Lipinski definition) is 2. The van der Waals surface area contributed by atoms with Crippen molar-refractivity contribution in [1.82, 2.24) is 9.71 Å². The number of aromatic amines is 1. The Bertz CT molecular complexity index is 526. The van der Waals surface area contributed by atoms with Gasteiger partial charge in [-0.15, -0.1) is 0 Å². The zero-order valence-electron chi connectivity index (χ0n) is 9.89. The summed E-state index contributed by atoms with van der Waals surface area (Å²) >= 11 is 0. The van der Waals surface area contributed by atoms with Crippen LogP contribution in [0, 0.1) is 0 Å². The molecular weight excluding hydrogens is 256 g/mol. The zero-order valence-corrected chi connectivity index (χ0v) is 10.7. The molecule has 0 spiro atoms. The Hall–Kier alpha value is -1.18. The topological polar surface area (TPSA) is 88.3 Å². The predicted molar refractivity (Wildman–Crippen MR) is 65.8 cm³/mol. The minimum atomic E-state index is -3.58. The lowest BCUT2D eigenvalue weighted by Crippen LogP contribution is -2.35. The lowest BCUT2D eigenvalue weighted by Gasteiger charge is -2.22. The van der Waals surface area contributed by atoms with E-state index in [0.717, 1.165) is 19.3 Å². The smallest absolute Gasteiger partial charge is 0.247 e. The third-order valence-corrected chi connectivity index (χ3v) is 4.26. The molecule has 2 N–H and O–H groups in total. The molecule has 1 aromatic rings. The van der Waals surface area contributed by atoms with Crippen LogP contribution in [0.4, 0.5) is 0 Å². The van der Waals surface area contributed by atoms with Crippen molar-refractivity contribution in [2.24, 2.45) is 0 Å². The van der Waals surface area contributed by atoms with Gasteiger partial charge >= 0.3 is 0 Å². The van der Waals surface area contributed by atoms with Crippen molar-refractivity contribution in [1.29, 1.82) is 0 Å². The third kappa shape index (κ3) is 3.41. The van der Waals surface area contributed by atoms with Crippen molar-refractivity contribution in [2.75, 3.05) is 13.2 Å². The number of sulfonamides is 1. The molecule has 1 unspecified atom stereocenters. The average molecular weight is 272 g/mol. The maximum Gasteiger partial charge on any atom is 0.247 e. The molecule has 18 heavy (non-hydrogen) atoms. The SMILES string of the molecule is O=c1ccc(S(=O)(=O)NCC2CCCCO2)c[nH]1. The van der Waals surface area contributed by atoms with Gasteiger partial charge in [0, 0.05) is 25.4 Å². The first-order chi connectivity index (χ1) is 8.58. The van der Waals surface area contributed by atoms with Gasteiger partial charge in [-0.2, -0.15) is 0 Å². The molecule has 0 saturated carbocycles. The minimum Gasteiger partial charge on any atom is -0.377 e. The number of aromatic nitrogens is 1. The summed E-state index contributed by atoms with van der Waals surface area (Å²) in [7, 11) is -3.58. The van der Waals surface area contributed by atoms with E-state index in [9.17, 15) is 13.2 Å². The Morgan fingerprint density at radius 1 is 1.39 bits per heavy atom. The second-order valence-electron chi connectivity index (χ2n) is 4.23. The molecule has 2 rings (SSSR count). The van der Waals surface area contributed by atoms with Crippen LogP contribution in [0.15, 0.2) is 28.0 Å². The largest absolute Gasteiger partial charge is 0.377 e. The molecule has 2 heterocycles. The number of H-pyrrole nitrogens is 1. The van der Waals surface area contributed by atoms with Gasteiger partial charge < -0.3 is 9.72 Å². The van der Waals surface area contributed by atoms with E-state index in [-0.39, 0.29) is 23.1 Å². The van der Waals surface area contributed by atoms with Crippen LogP contribution in [-0.4, -0.2) is 32.7 Å². The fourth-order valence-electron chi connectivity index (χ4n) is 1.82. The maximum atomic E-state index is 11.9. The van der Waals surface area contributed by atoms with Gasteiger partial charge in [-0.3, -0.25) is 4.79 Å². The number of ether oxygens (including phenoxy) is 1. The van der Waals surface area contributed by atoms with E-state index in [2.05, 4.69) is 9.71 Å². The van der Waals surface area contributed by atoms with Crippen molar-refractivity contribution in [3.05, 3.63) is 28.7 Å². The van der Waals surface area contributed by atoms with Crippen LogP contribution in [0.2, 0.25) is 0 Å². The summed E-state index contributed by atoms with van der Waals surface area (Å²) in [5, 5.41) is 0. The standard InChI is InChI=1S/C11H16N2O4S/c14-11-5-4-10(8-12-11)18(15,16)13-7-9-3-1-2-6-17-9/h4-5,8-9,13H,1-3,6-7H2,(H,12,14). The predicted octanol–water partition coefficient (Wildman–Crippen LogP) is 0.222. The number of hydrogen-bond acceptors (Lipinski definition) is 4. The van der Waals surface area contributed by atoms with Crippen LogP contribution < -0.4 is 10.3 Å². The lowest BCUT2D eigenvalue weighted by molar-refractivity contribution is 0.0200. The second-order valence-corrected chi connectivity index (χ2v) is 6.00. The summed E-state index contributed by atoms with van der Waals surface area (Å²) in [6, 6.07) is 2.47. The fraction of sp³-hybridized carbons (Fsp3) is 0.545. The van der Waals surface area contributed by atoms with E-state index in [1.54, 1.807) is 0 Å². The van der Waals surface area contributed by atoms with Gasteiger partial charge in [0.15, 0.2) is 0 Å². The van der Waals surface area contributed by atoms with Crippen LogP contribution in [0.1, 0.15) is 19.3 Å². The summed E-state index contributed by atoms with van der Waals surface area (Å²) in [4.78, 5) is 13.3. The van der Waals surface area contributed by atoms with Crippen molar-refractivity contribution in [2.45, 2.75) is 30.3 Å². The Labute approximate surface area is 105 Å². The maximum absolute atomic E-state index is 11.9. The first-order valence-corrected chi connectivity index (χ1v) is 7.36. The van der Waals surface area contributed by atoms with Crippen molar-refractivity contribution < 1.29 is 13.2 Å². The molecular formula is C11H16N2O4S. The summed E-state index contributed by atoms with van der Waals surface area (Å²) in [5.74, 6) is 0. The second kappa shape index (κ2) is 5.64. The molecule has 0 bridgehead atoms. The van der Waals surface area contributed by atoms with E-state index >= 15 is 0 Å². The van der Waals surface area contributed by atoms with Crippen LogP contribution >= 0.6 is 0 Å². The molecule has 1 aromatic heterocycles. The summed E-state index contributed by atoms with van der Waals surface area (Å²) < 4.78 is 31.7. The molecule has 0 amide bonds. The number of pyridine rings is 1. The Morgan fingerprint density at radius 3 is 2.83 bits per heavy atom. The van der Waals surface area contributed by atoms with Gasteiger partial charge in [-0.1, -0.05) is 0 Å². The van der Waals surface area contributed by atoms with Crippen LogP contribution in [0.3, 0.4) is 0 Å². The molecule has 1 atom stereocenters. The van der Waals surface area contributed by atoms with E-state index in [0.29, 0.717) is 6.61 Å². The highest BCUT2D eigenvalue weighted by Crippen LogP contribution is 2.12. The Balaban J connectivity index is 1.98. The summed E-state index contributed by atoms with van der Waals surface area (Å²) in [5.41, 5.74) is -0.329. The molecule has 1 aliphatic heterocycles. The molecule has 1 aliphatic rings. The highest BCUT2D eigenvalue weighted by Gasteiger charge is 2.19. The van der Waals surface area contributed by atoms with Gasteiger partial charge in [0.2, 0.25) is 15.6 Å². The first-order valence-electron chi connectivity index (χ1n) is 5.88. The number of rotatable bonds is 4. The normalized spacial score (nSPS) is 20.8. The van der Waals surface area contributed by atoms with Gasteiger partial charge in [-0.05, 0) is 25.3 Å². The summed E-state index contributed by atoms with van der Waals surface area (Å²) in [6.45, 7) is 0.951. The van der Waals surface area contributed by atoms with E-state index in [1.165, 1.54) is 18.3 Å². The average Bonchev–Trinajstić information content (AvgIpc) is 2.38. The monoisotopic (exact) mass is 272 g/mol. The lowest BCUT2D eigenvalue weighted by atomic mass is 10.1. The molecule has 0 radical (unpaired) electrons. The first kappa shape index (κ1) is 13.3.